The lowest BCUT2D eigenvalue weighted by Crippen LogP contribution is -2.37. The number of sulfone groups is 1. The van der Waals surface area contributed by atoms with E-state index in [1.807, 2.05) is 0 Å². The Bertz CT molecular complexity index is 1440. The van der Waals surface area contributed by atoms with Gasteiger partial charge in [-0.15, -0.1) is 0 Å². The molecule has 0 aromatic heterocycles. The molecule has 0 saturated carbocycles. The Morgan fingerprint density at radius 3 is 1.91 bits per heavy atom. The topological polar surface area (TPSA) is 97.4 Å². The lowest BCUT2D eigenvalue weighted by molar-refractivity contribution is -0.0450. The van der Waals surface area contributed by atoms with Crippen molar-refractivity contribution < 1.29 is 38.6 Å². The quantitative estimate of drug-likeness (QED) is 0.455. The van der Waals surface area contributed by atoms with Gasteiger partial charge in [-0.2, -0.15) is 13.2 Å². The molecule has 0 aliphatic rings. The van der Waals surface area contributed by atoms with Gasteiger partial charge in [0.2, 0.25) is 9.84 Å². The second-order valence-corrected chi connectivity index (χ2v) is 12.0. The van der Waals surface area contributed by atoms with E-state index in [0.29, 0.717) is 0 Å². The molecule has 34 heavy (non-hydrogen) atoms. The molecule has 3 aromatic carbocycles. The zero-order chi connectivity index (χ0) is 25.3. The summed E-state index contributed by atoms with van der Waals surface area (Å²) in [6.45, 7) is 1.17. The van der Waals surface area contributed by atoms with E-state index < -0.39 is 48.0 Å². The molecule has 13 heteroatoms. The fourth-order valence-corrected chi connectivity index (χ4v) is 6.74. The fourth-order valence-electron chi connectivity index (χ4n) is 2.97. The van der Waals surface area contributed by atoms with Crippen molar-refractivity contribution in [1.29, 1.82) is 0 Å². The molecule has 1 N–H and O–H groups in total. The van der Waals surface area contributed by atoms with Crippen molar-refractivity contribution >= 4 is 30.7 Å². The molecular weight excluding hydrogens is 518 g/mol. The van der Waals surface area contributed by atoms with Crippen LogP contribution in [0.2, 0.25) is 0 Å². The van der Waals surface area contributed by atoms with Crippen LogP contribution in [0.1, 0.15) is 18.5 Å². The molecular formula is C21H17F4NO5S3. The van der Waals surface area contributed by atoms with Crippen molar-refractivity contribution in [2.45, 2.75) is 38.1 Å². The normalized spacial score (nSPS) is 14.5. The Balaban J connectivity index is 1.95. The molecule has 2 atom stereocenters. The van der Waals surface area contributed by atoms with Crippen LogP contribution in [0, 0.1) is 5.82 Å². The third-order valence-electron chi connectivity index (χ3n) is 4.70. The molecule has 0 aliphatic heterocycles. The van der Waals surface area contributed by atoms with Crippen molar-refractivity contribution in [2.75, 3.05) is 0 Å². The summed E-state index contributed by atoms with van der Waals surface area (Å²) in [6, 6.07) is 13.8. The van der Waals surface area contributed by atoms with Gasteiger partial charge < -0.3 is 0 Å². The molecule has 0 radical (unpaired) electrons. The molecule has 3 rings (SSSR count). The smallest absolute Gasteiger partial charge is 0.249 e. The van der Waals surface area contributed by atoms with Gasteiger partial charge in [0, 0.05) is 6.04 Å². The maximum atomic E-state index is 14.1. The number of benzene rings is 3. The van der Waals surface area contributed by atoms with Crippen LogP contribution in [-0.2, 0) is 30.7 Å². The van der Waals surface area contributed by atoms with Crippen molar-refractivity contribution in [3.63, 3.8) is 0 Å². The van der Waals surface area contributed by atoms with E-state index in [1.54, 1.807) is 0 Å². The Morgan fingerprint density at radius 2 is 1.35 bits per heavy atom. The fraction of sp³-hybridized carbons (Fsp3) is 0.143. The molecule has 3 aromatic rings. The molecule has 0 heterocycles. The summed E-state index contributed by atoms with van der Waals surface area (Å²) < 4.78 is 115. The second-order valence-electron chi connectivity index (χ2n) is 7.01. The van der Waals surface area contributed by atoms with Crippen LogP contribution in [0.25, 0.3) is 0 Å². The number of nitrogens with one attached hydrogen (secondary N) is 1. The minimum Gasteiger partial charge on any atom is -0.249 e. The lowest BCUT2D eigenvalue weighted by Gasteiger charge is -2.16. The molecule has 1 unspecified atom stereocenters. The predicted octanol–water partition coefficient (Wildman–Crippen LogP) is 4.33. The first-order valence-electron chi connectivity index (χ1n) is 9.44. The van der Waals surface area contributed by atoms with E-state index >= 15 is 0 Å². The largest absolute Gasteiger partial charge is 0.511 e. The standard InChI is InChI=1S/C21H17F4NO5S3/c1-14(26-34(30,31)21(23,24)25)15-10-12-16(13-11-15)33(28,29)20-9-5-4-8-19(20)32(27)18-7-3-2-6-17(18)22/h2-14,26H,1H3/t14-,32?/m0/s1. The van der Waals surface area contributed by atoms with Crippen molar-refractivity contribution in [3.8, 4) is 0 Å². The van der Waals surface area contributed by atoms with Gasteiger partial charge in [0.25, 0.3) is 0 Å². The average Bonchev–Trinajstić information content (AvgIpc) is 2.78. The molecule has 6 nitrogen and oxygen atoms in total. The van der Waals surface area contributed by atoms with Crippen LogP contribution in [0.4, 0.5) is 17.6 Å². The predicted molar refractivity (Wildman–Crippen MR) is 116 cm³/mol. The monoisotopic (exact) mass is 535 g/mol. The zero-order valence-corrected chi connectivity index (χ0v) is 19.7. The summed E-state index contributed by atoms with van der Waals surface area (Å²) >= 11 is 0. The van der Waals surface area contributed by atoms with Crippen LogP contribution >= 0.6 is 0 Å². The first-order chi connectivity index (χ1) is 15.8. The van der Waals surface area contributed by atoms with Crippen LogP contribution in [0.3, 0.4) is 0 Å². The Morgan fingerprint density at radius 1 is 0.824 bits per heavy atom. The van der Waals surface area contributed by atoms with Crippen molar-refractivity contribution in [3.05, 3.63) is 84.2 Å². The maximum Gasteiger partial charge on any atom is 0.511 e. The van der Waals surface area contributed by atoms with Gasteiger partial charge in [-0.3, -0.25) is 0 Å². The van der Waals surface area contributed by atoms with E-state index in [-0.39, 0.29) is 25.1 Å². The number of halogens is 4. The summed E-state index contributed by atoms with van der Waals surface area (Å²) in [5.74, 6) is -0.771. The van der Waals surface area contributed by atoms with Gasteiger partial charge in [0.1, 0.15) is 5.82 Å². The molecule has 0 amide bonds. The van der Waals surface area contributed by atoms with E-state index in [1.165, 1.54) is 54.1 Å². The van der Waals surface area contributed by atoms with Gasteiger partial charge >= 0.3 is 15.5 Å². The maximum absolute atomic E-state index is 14.1. The number of hydrogen-bond donors (Lipinski definition) is 1. The number of rotatable bonds is 7. The summed E-state index contributed by atoms with van der Waals surface area (Å²) in [5, 5.41) is 0. The van der Waals surface area contributed by atoms with E-state index in [2.05, 4.69) is 0 Å². The summed E-state index contributed by atoms with van der Waals surface area (Å²) in [6.07, 6.45) is 0. The Kier molecular flexibility index (Phi) is 7.31. The zero-order valence-electron chi connectivity index (χ0n) is 17.3. The Hall–Kier alpha value is -2.61. The molecule has 0 bridgehead atoms. The van der Waals surface area contributed by atoms with Gasteiger partial charge in [-0.1, -0.05) is 36.4 Å². The molecule has 0 fully saturated rings. The van der Waals surface area contributed by atoms with Gasteiger partial charge in [0.15, 0.2) is 0 Å². The second kappa shape index (κ2) is 9.56. The highest BCUT2D eigenvalue weighted by Gasteiger charge is 2.46. The molecule has 0 saturated heterocycles. The van der Waals surface area contributed by atoms with Crippen LogP contribution in [0.15, 0.2) is 92.4 Å². The Labute approximate surface area is 196 Å². The molecule has 182 valence electrons. The molecule has 0 spiro atoms. The summed E-state index contributed by atoms with van der Waals surface area (Å²) in [4.78, 5) is -0.968. The number of alkyl halides is 3. The van der Waals surface area contributed by atoms with E-state index in [9.17, 15) is 38.6 Å². The first kappa shape index (κ1) is 26.0. The minimum absolute atomic E-state index is 0.0787. The third kappa shape index (κ3) is 5.22. The first-order valence-corrected chi connectivity index (χ1v) is 13.6. The SMILES string of the molecule is C[C@H](NS(=O)(=O)C(F)(F)F)c1ccc(S(=O)(=O)c2ccccc2S(=O)c2ccccc2F)cc1. The summed E-state index contributed by atoms with van der Waals surface area (Å²) in [5.41, 5.74) is -5.42. The van der Waals surface area contributed by atoms with Gasteiger partial charge in [-0.25, -0.2) is 30.2 Å². The third-order valence-corrected chi connectivity index (χ3v) is 9.42. The van der Waals surface area contributed by atoms with Crippen LogP contribution in [0.5, 0.6) is 0 Å². The minimum atomic E-state index is -5.60. The summed E-state index contributed by atoms with van der Waals surface area (Å²) in [7, 11) is -12.0. The highest BCUT2D eigenvalue weighted by atomic mass is 32.2. The average molecular weight is 536 g/mol. The van der Waals surface area contributed by atoms with Crippen molar-refractivity contribution in [2.24, 2.45) is 0 Å². The van der Waals surface area contributed by atoms with Crippen LogP contribution < -0.4 is 4.72 Å². The van der Waals surface area contributed by atoms with Gasteiger partial charge in [0.05, 0.1) is 30.4 Å². The highest BCUT2D eigenvalue weighted by molar-refractivity contribution is 7.92. The van der Waals surface area contributed by atoms with E-state index in [4.69, 9.17) is 0 Å². The molecule has 0 aliphatic carbocycles. The van der Waals surface area contributed by atoms with Gasteiger partial charge in [-0.05, 0) is 48.9 Å². The van der Waals surface area contributed by atoms with Crippen molar-refractivity contribution in [1.82, 2.24) is 4.72 Å². The number of hydrogen-bond acceptors (Lipinski definition) is 5. The highest BCUT2D eigenvalue weighted by Crippen LogP contribution is 2.31. The lowest BCUT2D eigenvalue weighted by atomic mass is 10.1. The number of sulfonamides is 1. The van der Waals surface area contributed by atoms with E-state index in [0.717, 1.165) is 30.3 Å². The van der Waals surface area contributed by atoms with Crippen LogP contribution in [-0.4, -0.2) is 26.6 Å².